The number of aromatic nitrogens is 3. The first-order chi connectivity index (χ1) is 17.6. The van der Waals surface area contributed by atoms with Crippen molar-refractivity contribution in [3.63, 3.8) is 0 Å². The van der Waals surface area contributed by atoms with Crippen LogP contribution in [0.2, 0.25) is 0 Å². The van der Waals surface area contributed by atoms with Crippen LogP contribution < -0.4 is 24.3 Å². The molecule has 0 unspecified atom stereocenters. The number of carbonyl (C=O) groups excluding carboxylic acids is 1. The highest BCUT2D eigenvalue weighted by atomic mass is 16.5. The summed E-state index contributed by atoms with van der Waals surface area (Å²) in [7, 11) is 3.19. The molecular weight excluding hydrogens is 460 g/mol. The molecular formula is C27H28N4O5. The lowest BCUT2D eigenvalue weighted by atomic mass is 10.1. The summed E-state index contributed by atoms with van der Waals surface area (Å²) in [6.45, 7) is 4.77. The van der Waals surface area contributed by atoms with Crippen LogP contribution in [0.25, 0.3) is 16.9 Å². The van der Waals surface area contributed by atoms with Gasteiger partial charge in [-0.15, -0.1) is 5.10 Å². The van der Waals surface area contributed by atoms with Crippen LogP contribution in [0.15, 0.2) is 66.9 Å². The summed E-state index contributed by atoms with van der Waals surface area (Å²) < 4.78 is 23.7. The Balaban J connectivity index is 1.53. The summed E-state index contributed by atoms with van der Waals surface area (Å²) >= 11 is 0. The highest BCUT2D eigenvalue weighted by Gasteiger charge is 2.14. The van der Waals surface area contributed by atoms with E-state index in [9.17, 15) is 4.79 Å². The number of nitrogens with one attached hydrogen (secondary N) is 1. The van der Waals surface area contributed by atoms with Crippen LogP contribution in [0.3, 0.4) is 0 Å². The molecule has 4 aromatic rings. The third-order valence-corrected chi connectivity index (χ3v) is 5.40. The minimum absolute atomic E-state index is 0.251. The number of benzene rings is 3. The normalized spacial score (nSPS) is 10.6. The number of ether oxygens (including phenoxy) is 4. The minimum atomic E-state index is -0.251. The first-order valence-corrected chi connectivity index (χ1v) is 11.5. The van der Waals surface area contributed by atoms with Crippen LogP contribution in [0.4, 0.5) is 5.69 Å². The van der Waals surface area contributed by atoms with E-state index in [4.69, 9.17) is 18.9 Å². The molecule has 1 heterocycles. The van der Waals surface area contributed by atoms with Crippen LogP contribution in [0.5, 0.6) is 23.0 Å². The molecule has 0 aliphatic heterocycles. The molecule has 9 nitrogen and oxygen atoms in total. The number of carbonyl (C=O) groups is 1. The van der Waals surface area contributed by atoms with Gasteiger partial charge in [0, 0.05) is 16.8 Å². The van der Waals surface area contributed by atoms with Crippen molar-refractivity contribution in [2.24, 2.45) is 0 Å². The second-order valence-electron chi connectivity index (χ2n) is 7.63. The molecule has 36 heavy (non-hydrogen) atoms. The van der Waals surface area contributed by atoms with Crippen molar-refractivity contribution in [1.29, 1.82) is 0 Å². The Kier molecular flexibility index (Phi) is 7.69. The lowest BCUT2D eigenvalue weighted by Crippen LogP contribution is -2.12. The van der Waals surface area contributed by atoms with Gasteiger partial charge in [-0.25, -0.2) is 4.68 Å². The Morgan fingerprint density at radius 1 is 0.833 bits per heavy atom. The number of hydrogen-bond acceptors (Lipinski definition) is 7. The average Bonchev–Trinajstić information content (AvgIpc) is 3.40. The fourth-order valence-corrected chi connectivity index (χ4v) is 3.70. The minimum Gasteiger partial charge on any atom is -0.493 e. The second kappa shape index (κ2) is 11.3. The second-order valence-corrected chi connectivity index (χ2v) is 7.63. The summed E-state index contributed by atoms with van der Waals surface area (Å²) in [6.07, 6.45) is 1.68. The first kappa shape index (κ1) is 24.6. The standard InChI is InChI=1S/C27H28N4O5/c1-5-35-24-14-8-19(16-26(24)36-6-2)27(32)29-20-9-11-21(12-10-20)31-22(17-28-30-31)18-7-13-23(33-3)25(15-18)34-4/h7-17H,5-6H2,1-4H3,(H,29,32). The molecule has 1 N–H and O–H groups in total. The first-order valence-electron chi connectivity index (χ1n) is 11.5. The van der Waals surface area contributed by atoms with Gasteiger partial charge in [-0.05, 0) is 74.5 Å². The summed E-state index contributed by atoms with van der Waals surface area (Å²) in [5, 5.41) is 11.2. The molecule has 0 aliphatic rings. The Hall–Kier alpha value is -4.53. The number of amides is 1. The quantitative estimate of drug-likeness (QED) is 0.335. The Morgan fingerprint density at radius 2 is 1.53 bits per heavy atom. The van der Waals surface area contributed by atoms with Crippen molar-refractivity contribution in [2.45, 2.75) is 13.8 Å². The third-order valence-electron chi connectivity index (χ3n) is 5.40. The van der Waals surface area contributed by atoms with Crippen molar-refractivity contribution in [3.05, 3.63) is 72.4 Å². The highest BCUT2D eigenvalue weighted by molar-refractivity contribution is 6.04. The van der Waals surface area contributed by atoms with E-state index in [0.29, 0.717) is 47.5 Å². The lowest BCUT2D eigenvalue weighted by molar-refractivity contribution is 0.102. The molecule has 3 aromatic carbocycles. The van der Waals surface area contributed by atoms with E-state index in [1.807, 2.05) is 56.3 Å². The Bertz CT molecular complexity index is 1330. The van der Waals surface area contributed by atoms with Crippen LogP contribution in [0.1, 0.15) is 24.2 Å². The van der Waals surface area contributed by atoms with Crippen LogP contribution in [-0.4, -0.2) is 48.3 Å². The predicted molar refractivity (Wildman–Crippen MR) is 137 cm³/mol. The van der Waals surface area contributed by atoms with Gasteiger partial charge >= 0.3 is 0 Å². The Labute approximate surface area is 209 Å². The zero-order valence-corrected chi connectivity index (χ0v) is 20.6. The molecule has 9 heteroatoms. The van der Waals surface area contributed by atoms with Gasteiger partial charge in [-0.3, -0.25) is 4.79 Å². The van der Waals surface area contributed by atoms with E-state index in [1.165, 1.54) is 0 Å². The lowest BCUT2D eigenvalue weighted by Gasteiger charge is -2.13. The summed E-state index contributed by atoms with van der Waals surface area (Å²) in [5.41, 5.74) is 3.55. The van der Waals surface area contributed by atoms with Crippen LogP contribution in [0, 0.1) is 0 Å². The van der Waals surface area contributed by atoms with Gasteiger partial charge in [0.1, 0.15) is 0 Å². The predicted octanol–water partition coefficient (Wildman–Crippen LogP) is 5.00. The van der Waals surface area contributed by atoms with Gasteiger partial charge < -0.3 is 24.3 Å². The molecule has 0 spiro atoms. The van der Waals surface area contributed by atoms with Gasteiger partial charge in [0.2, 0.25) is 0 Å². The fourth-order valence-electron chi connectivity index (χ4n) is 3.70. The molecule has 0 atom stereocenters. The summed E-state index contributed by atoms with van der Waals surface area (Å²) in [5.74, 6) is 2.15. The topological polar surface area (TPSA) is 96.7 Å². The van der Waals surface area contributed by atoms with Gasteiger partial charge in [0.25, 0.3) is 5.91 Å². The highest BCUT2D eigenvalue weighted by Crippen LogP contribution is 2.33. The average molecular weight is 489 g/mol. The fraction of sp³-hybridized carbons (Fsp3) is 0.222. The molecule has 1 amide bonds. The van der Waals surface area contributed by atoms with Crippen molar-refractivity contribution in [1.82, 2.24) is 15.0 Å². The molecule has 186 valence electrons. The monoisotopic (exact) mass is 488 g/mol. The molecule has 1 aromatic heterocycles. The van der Waals surface area contributed by atoms with Crippen molar-refractivity contribution >= 4 is 11.6 Å². The number of anilines is 1. The molecule has 0 saturated carbocycles. The third kappa shape index (κ3) is 5.25. The number of nitrogens with zero attached hydrogens (tertiary/aromatic N) is 3. The summed E-state index contributed by atoms with van der Waals surface area (Å²) in [6, 6.07) is 18.1. The van der Waals surface area contributed by atoms with Crippen LogP contribution >= 0.6 is 0 Å². The van der Waals surface area contributed by atoms with E-state index in [0.717, 1.165) is 16.9 Å². The maximum Gasteiger partial charge on any atom is 0.255 e. The molecule has 0 saturated heterocycles. The molecule has 4 rings (SSSR count). The van der Waals surface area contributed by atoms with E-state index < -0.39 is 0 Å². The number of rotatable bonds is 10. The molecule has 0 fully saturated rings. The molecule has 0 radical (unpaired) electrons. The zero-order chi connectivity index (χ0) is 25.5. The smallest absolute Gasteiger partial charge is 0.255 e. The molecule has 0 bridgehead atoms. The Morgan fingerprint density at radius 3 is 2.22 bits per heavy atom. The van der Waals surface area contributed by atoms with E-state index in [1.54, 1.807) is 43.3 Å². The SMILES string of the molecule is CCOc1ccc(C(=O)Nc2ccc(-n3nncc3-c3ccc(OC)c(OC)c3)cc2)cc1OCC. The van der Waals surface area contributed by atoms with E-state index in [-0.39, 0.29) is 5.91 Å². The van der Waals surface area contributed by atoms with Gasteiger partial charge in [0.15, 0.2) is 23.0 Å². The molecule has 0 aliphatic carbocycles. The largest absolute Gasteiger partial charge is 0.493 e. The van der Waals surface area contributed by atoms with Gasteiger partial charge in [-0.2, -0.15) is 0 Å². The van der Waals surface area contributed by atoms with E-state index in [2.05, 4.69) is 15.6 Å². The summed E-state index contributed by atoms with van der Waals surface area (Å²) in [4.78, 5) is 12.8. The van der Waals surface area contributed by atoms with Crippen molar-refractivity contribution in [2.75, 3.05) is 32.8 Å². The number of hydrogen-bond donors (Lipinski definition) is 1. The zero-order valence-electron chi connectivity index (χ0n) is 20.6. The van der Waals surface area contributed by atoms with Gasteiger partial charge in [-0.1, -0.05) is 5.21 Å². The van der Waals surface area contributed by atoms with Crippen molar-refractivity contribution < 1.29 is 23.7 Å². The number of methoxy groups -OCH3 is 2. The van der Waals surface area contributed by atoms with E-state index >= 15 is 0 Å². The maximum atomic E-state index is 12.8. The van der Waals surface area contributed by atoms with Crippen LogP contribution in [-0.2, 0) is 0 Å². The van der Waals surface area contributed by atoms with Crippen molar-refractivity contribution in [3.8, 4) is 39.9 Å². The van der Waals surface area contributed by atoms with Gasteiger partial charge in [0.05, 0.1) is 45.0 Å². The maximum absolute atomic E-state index is 12.8.